The second kappa shape index (κ2) is 7.95. The second-order valence-corrected chi connectivity index (χ2v) is 5.44. The van der Waals surface area contributed by atoms with Gasteiger partial charge in [0, 0.05) is 29.8 Å². The minimum atomic E-state index is 0.0638. The largest absolute Gasteiger partial charge is 0.360 e. The van der Waals surface area contributed by atoms with Crippen molar-refractivity contribution in [1.82, 2.24) is 0 Å². The molecule has 1 atom stereocenters. The third kappa shape index (κ3) is 4.68. The van der Waals surface area contributed by atoms with Gasteiger partial charge >= 0.3 is 0 Å². The molecule has 1 saturated heterocycles. The molecule has 1 fully saturated rings. The molecule has 1 aliphatic rings. The van der Waals surface area contributed by atoms with E-state index in [1.807, 2.05) is 26.0 Å². The van der Waals surface area contributed by atoms with E-state index >= 15 is 0 Å². The predicted octanol–water partition coefficient (Wildman–Crippen LogP) is 1.38. The lowest BCUT2D eigenvalue weighted by atomic mass is 9.91. The SMILES string of the molecule is BCCC#Cc1ccc(NC2CCCCO2)c(C(B)=N)c1. The average Bonchev–Trinajstić information content (AvgIpc) is 2.50. The lowest BCUT2D eigenvalue weighted by Gasteiger charge is -2.25. The van der Waals surface area contributed by atoms with Gasteiger partial charge < -0.3 is 15.5 Å². The normalized spacial score (nSPS) is 17.6. The van der Waals surface area contributed by atoms with E-state index in [2.05, 4.69) is 25.0 Å². The van der Waals surface area contributed by atoms with Gasteiger partial charge in [0.25, 0.3) is 0 Å². The summed E-state index contributed by atoms with van der Waals surface area (Å²) >= 11 is 0. The molecular formula is C16H22B2N2O. The van der Waals surface area contributed by atoms with Crippen LogP contribution < -0.4 is 5.32 Å². The number of nitrogens with one attached hydrogen (secondary N) is 2. The minimum Gasteiger partial charge on any atom is -0.360 e. The Balaban J connectivity index is 2.17. The van der Waals surface area contributed by atoms with Crippen LogP contribution in [0.15, 0.2) is 18.2 Å². The zero-order chi connectivity index (χ0) is 15.1. The number of hydrogen-bond donors (Lipinski definition) is 2. The van der Waals surface area contributed by atoms with Crippen molar-refractivity contribution in [3.63, 3.8) is 0 Å². The van der Waals surface area contributed by atoms with Crippen molar-refractivity contribution in [1.29, 1.82) is 5.41 Å². The molecule has 2 N–H and O–H groups in total. The van der Waals surface area contributed by atoms with E-state index in [1.165, 1.54) is 6.42 Å². The molecule has 1 aliphatic heterocycles. The molecule has 0 amide bonds. The van der Waals surface area contributed by atoms with Crippen LogP contribution in [0.3, 0.4) is 0 Å². The molecule has 1 heterocycles. The zero-order valence-electron chi connectivity index (χ0n) is 13.0. The number of ether oxygens (including phenoxy) is 1. The van der Waals surface area contributed by atoms with Crippen molar-refractivity contribution in [3.8, 4) is 11.8 Å². The van der Waals surface area contributed by atoms with Crippen molar-refractivity contribution in [2.75, 3.05) is 11.9 Å². The molecule has 1 aromatic rings. The van der Waals surface area contributed by atoms with Crippen LogP contribution in [0.4, 0.5) is 5.69 Å². The van der Waals surface area contributed by atoms with Crippen molar-refractivity contribution in [2.24, 2.45) is 0 Å². The molecule has 0 spiro atoms. The molecule has 3 nitrogen and oxygen atoms in total. The van der Waals surface area contributed by atoms with Crippen LogP contribution >= 0.6 is 0 Å². The maximum Gasteiger partial charge on any atom is 0.163 e. The molecule has 0 radical (unpaired) electrons. The molecule has 2 rings (SSSR count). The molecule has 0 bridgehead atoms. The molecule has 1 aromatic carbocycles. The van der Waals surface area contributed by atoms with E-state index in [4.69, 9.17) is 10.1 Å². The molecule has 21 heavy (non-hydrogen) atoms. The topological polar surface area (TPSA) is 45.1 Å². The summed E-state index contributed by atoms with van der Waals surface area (Å²) in [5, 5.41) is 11.4. The number of benzene rings is 1. The lowest BCUT2D eigenvalue weighted by Crippen LogP contribution is -2.28. The Morgan fingerprint density at radius 1 is 1.43 bits per heavy atom. The smallest absolute Gasteiger partial charge is 0.163 e. The van der Waals surface area contributed by atoms with Crippen molar-refractivity contribution in [3.05, 3.63) is 29.3 Å². The van der Waals surface area contributed by atoms with Gasteiger partial charge in [-0.25, -0.2) is 0 Å². The van der Waals surface area contributed by atoms with Crippen molar-refractivity contribution >= 4 is 27.0 Å². The summed E-state index contributed by atoms with van der Waals surface area (Å²) in [6.07, 6.45) is 5.40. The summed E-state index contributed by atoms with van der Waals surface area (Å²) in [5.74, 6) is 6.32. The van der Waals surface area contributed by atoms with E-state index in [1.54, 1.807) is 0 Å². The number of rotatable bonds is 4. The van der Waals surface area contributed by atoms with Crippen LogP contribution in [0.2, 0.25) is 6.32 Å². The fourth-order valence-corrected chi connectivity index (χ4v) is 2.38. The van der Waals surface area contributed by atoms with Crippen LogP contribution in [-0.4, -0.2) is 34.1 Å². The summed E-state index contributed by atoms with van der Waals surface area (Å²) in [6.45, 7) is 0.817. The highest BCUT2D eigenvalue weighted by molar-refractivity contribution is 6.64. The lowest BCUT2D eigenvalue weighted by molar-refractivity contribution is 0.0343. The monoisotopic (exact) mass is 280 g/mol. The molecule has 108 valence electrons. The van der Waals surface area contributed by atoms with E-state index in [-0.39, 0.29) is 6.23 Å². The fourth-order valence-electron chi connectivity index (χ4n) is 2.38. The Morgan fingerprint density at radius 3 is 2.95 bits per heavy atom. The van der Waals surface area contributed by atoms with E-state index in [0.717, 1.165) is 49.0 Å². The Labute approximate surface area is 129 Å². The van der Waals surface area contributed by atoms with Crippen molar-refractivity contribution in [2.45, 2.75) is 38.2 Å². The zero-order valence-corrected chi connectivity index (χ0v) is 13.0. The summed E-state index contributed by atoms with van der Waals surface area (Å²) < 4.78 is 5.72. The minimum absolute atomic E-state index is 0.0638. The maximum atomic E-state index is 7.97. The second-order valence-electron chi connectivity index (χ2n) is 5.44. The first kappa shape index (κ1) is 15.7. The molecule has 0 aromatic heterocycles. The molecule has 5 heteroatoms. The summed E-state index contributed by atoms with van der Waals surface area (Å²) in [5.41, 5.74) is 3.40. The summed E-state index contributed by atoms with van der Waals surface area (Å²) in [7, 11) is 3.94. The Kier molecular flexibility index (Phi) is 5.95. The maximum absolute atomic E-state index is 7.97. The Bertz CT molecular complexity index is 557. The summed E-state index contributed by atoms with van der Waals surface area (Å²) in [4.78, 5) is 0. The van der Waals surface area contributed by atoms with E-state index in [0.29, 0.717) is 5.61 Å². The highest BCUT2D eigenvalue weighted by Crippen LogP contribution is 2.21. The third-order valence-electron chi connectivity index (χ3n) is 3.53. The van der Waals surface area contributed by atoms with Gasteiger partial charge in [-0.1, -0.05) is 18.2 Å². The van der Waals surface area contributed by atoms with Gasteiger partial charge in [0.2, 0.25) is 0 Å². The first-order valence-electron chi connectivity index (χ1n) is 7.77. The third-order valence-corrected chi connectivity index (χ3v) is 3.53. The van der Waals surface area contributed by atoms with Gasteiger partial charge in [0.1, 0.15) is 14.1 Å². The number of hydrogen-bond acceptors (Lipinski definition) is 3. The van der Waals surface area contributed by atoms with Crippen LogP contribution in [0.1, 0.15) is 36.8 Å². The standard InChI is InChI=1S/C16H22B2N2O/c17-9-3-1-5-12-7-8-14(13(11-12)16(18)19)20-15-6-2-4-10-21-15/h7-8,11,15,19-20H,2-4,6,9-10,17-18H2. The Morgan fingerprint density at radius 2 is 2.29 bits per heavy atom. The van der Waals surface area contributed by atoms with Crippen LogP contribution in [0.25, 0.3) is 0 Å². The van der Waals surface area contributed by atoms with Gasteiger partial charge in [-0.05, 0) is 43.1 Å². The summed E-state index contributed by atoms with van der Waals surface area (Å²) in [6, 6.07) is 6.03. The first-order chi connectivity index (χ1) is 10.2. The highest BCUT2D eigenvalue weighted by Gasteiger charge is 2.15. The van der Waals surface area contributed by atoms with Crippen molar-refractivity contribution < 1.29 is 4.74 Å². The van der Waals surface area contributed by atoms with Crippen LogP contribution in [0, 0.1) is 17.3 Å². The van der Waals surface area contributed by atoms with E-state index in [9.17, 15) is 0 Å². The molecular weight excluding hydrogens is 258 g/mol. The van der Waals surface area contributed by atoms with Gasteiger partial charge in [0.05, 0.1) is 0 Å². The average molecular weight is 280 g/mol. The van der Waals surface area contributed by atoms with Crippen LogP contribution in [-0.2, 0) is 4.74 Å². The Hall–Kier alpha value is -1.66. The predicted molar refractivity (Wildman–Crippen MR) is 93.9 cm³/mol. The van der Waals surface area contributed by atoms with Gasteiger partial charge in [-0.15, -0.1) is 0 Å². The molecule has 0 saturated carbocycles. The molecule has 1 unspecified atom stereocenters. The van der Waals surface area contributed by atoms with Gasteiger partial charge in [-0.3, -0.25) is 0 Å². The number of anilines is 1. The van der Waals surface area contributed by atoms with Crippen LogP contribution in [0.5, 0.6) is 0 Å². The highest BCUT2D eigenvalue weighted by atomic mass is 16.5. The molecule has 0 aliphatic carbocycles. The van der Waals surface area contributed by atoms with Gasteiger partial charge in [0.15, 0.2) is 7.85 Å². The van der Waals surface area contributed by atoms with Gasteiger partial charge in [-0.2, -0.15) is 0 Å². The quantitative estimate of drug-likeness (QED) is 0.497. The first-order valence-corrected chi connectivity index (χ1v) is 7.77. The fraction of sp³-hybridized carbons (Fsp3) is 0.438. The van der Waals surface area contributed by atoms with E-state index < -0.39 is 0 Å².